The van der Waals surface area contributed by atoms with Crippen LogP contribution in [0.3, 0.4) is 0 Å². The molecule has 0 amide bonds. The first-order valence-electron chi connectivity index (χ1n) is 16.9. The number of hydrogen-bond donors (Lipinski definition) is 0. The zero-order valence-corrected chi connectivity index (χ0v) is 29.6. The summed E-state index contributed by atoms with van der Waals surface area (Å²) in [7, 11) is 0. The van der Waals surface area contributed by atoms with Gasteiger partial charge in [0.05, 0.1) is 22.3 Å². The van der Waals surface area contributed by atoms with E-state index in [-0.39, 0.29) is 48.7 Å². The summed E-state index contributed by atoms with van der Waals surface area (Å²) in [6.45, 7) is 14.4. The van der Waals surface area contributed by atoms with Crippen molar-refractivity contribution < 1.29 is 38.1 Å². The van der Waals surface area contributed by atoms with Gasteiger partial charge in [0.25, 0.3) is 0 Å². The Morgan fingerprint density at radius 3 is 0.704 bits per heavy atom. The maximum atomic E-state index is 13.7. The number of carbonyl (C=O) groups excluding carboxylic acids is 4. The summed E-state index contributed by atoms with van der Waals surface area (Å²) in [5.74, 6) is -3.72. The Morgan fingerprint density at radius 1 is 0.352 bits per heavy atom. The van der Waals surface area contributed by atoms with Crippen LogP contribution in [0.25, 0.3) is 24.3 Å². The van der Waals surface area contributed by atoms with Gasteiger partial charge in [-0.15, -0.1) is 0 Å². The summed E-state index contributed by atoms with van der Waals surface area (Å²) in [6, 6.07) is 30.9. The zero-order valence-electron chi connectivity index (χ0n) is 29.6. The lowest BCUT2D eigenvalue weighted by atomic mass is 9.97. The van der Waals surface area contributed by atoms with E-state index in [1.165, 1.54) is 0 Å². The monoisotopic (exact) mass is 718 g/mol. The van der Waals surface area contributed by atoms with Crippen molar-refractivity contribution in [2.24, 2.45) is 0 Å². The second-order valence-electron chi connectivity index (χ2n) is 12.0. The molecule has 0 saturated carbocycles. The minimum atomic E-state index is -0.929. The average molecular weight is 719 g/mol. The highest BCUT2D eigenvalue weighted by atomic mass is 16.5. The molecule has 0 spiro atoms. The number of esters is 4. The summed E-state index contributed by atoms with van der Waals surface area (Å²) in [5.41, 5.74) is 4.99. The van der Waals surface area contributed by atoms with E-state index in [4.69, 9.17) is 18.9 Å². The number of hydrogen-bond acceptors (Lipinski definition) is 8. The molecule has 0 aromatic heterocycles. The molecule has 5 rings (SSSR count). The Balaban J connectivity index is 1.50. The molecule has 5 aromatic carbocycles. The first-order chi connectivity index (χ1) is 26.2. The molecule has 0 heterocycles. The molecule has 270 valence electrons. The Bertz CT molecular complexity index is 1860. The van der Waals surface area contributed by atoms with Crippen LogP contribution in [0.1, 0.15) is 85.9 Å². The van der Waals surface area contributed by atoms with Gasteiger partial charge in [-0.05, 0) is 56.6 Å². The van der Waals surface area contributed by atoms with Crippen LogP contribution in [0.4, 0.5) is 0 Å². The standard InChI is InChI=1S/C46H38O8/c1-5-31-9-17-35(18-10-31)27-51-43(47)39-25-41(45(49)53-29-37-21-13-33(7-3)14-22-37)42(46(50)54-30-38-23-15-34(8-4)16-24-38)26-40(39)44(48)52-28-36-19-11-32(6-2)12-20-36/h5-26H,1-4,27-30H2. The van der Waals surface area contributed by atoms with E-state index in [1.54, 1.807) is 72.8 Å². The van der Waals surface area contributed by atoms with Gasteiger partial charge in [-0.2, -0.15) is 0 Å². The fourth-order valence-electron chi connectivity index (χ4n) is 5.18. The van der Waals surface area contributed by atoms with Gasteiger partial charge in [-0.3, -0.25) is 0 Å². The van der Waals surface area contributed by atoms with Crippen molar-refractivity contribution in [3.63, 3.8) is 0 Å². The first kappa shape index (κ1) is 38.2. The maximum Gasteiger partial charge on any atom is 0.339 e. The lowest BCUT2D eigenvalue weighted by Gasteiger charge is -2.16. The van der Waals surface area contributed by atoms with Crippen molar-refractivity contribution in [1.82, 2.24) is 0 Å². The number of benzene rings is 5. The molecule has 0 fully saturated rings. The minimum absolute atomic E-state index is 0.144. The van der Waals surface area contributed by atoms with Crippen molar-refractivity contribution in [3.8, 4) is 0 Å². The van der Waals surface area contributed by atoms with Crippen LogP contribution in [0.5, 0.6) is 0 Å². The Morgan fingerprint density at radius 2 is 0.537 bits per heavy atom. The summed E-state index contributed by atoms with van der Waals surface area (Å²) in [5, 5.41) is 0. The zero-order chi connectivity index (χ0) is 38.5. The number of ether oxygens (including phenoxy) is 4. The highest BCUT2D eigenvalue weighted by Crippen LogP contribution is 2.24. The molecule has 0 bridgehead atoms. The predicted molar refractivity (Wildman–Crippen MR) is 209 cm³/mol. The summed E-state index contributed by atoms with van der Waals surface area (Å²) in [4.78, 5) is 54.9. The fraction of sp³-hybridized carbons (Fsp3) is 0.0870. The Hall–Kier alpha value is -7.06. The van der Waals surface area contributed by atoms with E-state index in [0.717, 1.165) is 34.4 Å². The van der Waals surface area contributed by atoms with Gasteiger partial charge < -0.3 is 18.9 Å². The van der Waals surface area contributed by atoms with Gasteiger partial charge in [0, 0.05) is 0 Å². The molecule has 0 aliphatic carbocycles. The van der Waals surface area contributed by atoms with Crippen molar-refractivity contribution in [2.45, 2.75) is 26.4 Å². The second kappa shape index (κ2) is 18.4. The molecule has 0 saturated heterocycles. The summed E-state index contributed by atoms with van der Waals surface area (Å²) < 4.78 is 22.4. The molecule has 8 nitrogen and oxygen atoms in total. The van der Waals surface area contributed by atoms with Gasteiger partial charge in [0.2, 0.25) is 0 Å². The van der Waals surface area contributed by atoms with Crippen molar-refractivity contribution in [1.29, 1.82) is 0 Å². The minimum Gasteiger partial charge on any atom is -0.457 e. The van der Waals surface area contributed by atoms with Crippen LogP contribution < -0.4 is 0 Å². The van der Waals surface area contributed by atoms with Crippen LogP contribution in [0.15, 0.2) is 136 Å². The summed E-state index contributed by atoms with van der Waals surface area (Å²) >= 11 is 0. The third-order valence-electron chi connectivity index (χ3n) is 8.38. The van der Waals surface area contributed by atoms with Crippen LogP contribution in [-0.4, -0.2) is 23.9 Å². The SMILES string of the molecule is C=Cc1ccc(COC(=O)c2cc(C(=O)OCc3ccc(C=C)cc3)c(C(=O)OCc3ccc(C=C)cc3)cc2C(=O)OCc2ccc(C=C)cc2)cc1. The van der Waals surface area contributed by atoms with E-state index >= 15 is 0 Å². The van der Waals surface area contributed by atoms with Crippen LogP contribution in [0, 0.1) is 0 Å². The van der Waals surface area contributed by atoms with Crippen molar-refractivity contribution in [2.75, 3.05) is 0 Å². The topological polar surface area (TPSA) is 105 Å². The molecule has 54 heavy (non-hydrogen) atoms. The Kier molecular flexibility index (Phi) is 13.0. The fourth-order valence-corrected chi connectivity index (χ4v) is 5.18. The van der Waals surface area contributed by atoms with E-state index in [2.05, 4.69) is 26.3 Å². The molecule has 0 aliphatic heterocycles. The molecule has 0 atom stereocenters. The molecule has 5 aromatic rings. The van der Waals surface area contributed by atoms with Gasteiger partial charge >= 0.3 is 23.9 Å². The second-order valence-corrected chi connectivity index (χ2v) is 12.0. The third-order valence-corrected chi connectivity index (χ3v) is 8.38. The highest BCUT2D eigenvalue weighted by Gasteiger charge is 2.29. The predicted octanol–water partition coefficient (Wildman–Crippen LogP) is 9.69. The van der Waals surface area contributed by atoms with Gasteiger partial charge in [0.1, 0.15) is 26.4 Å². The number of rotatable bonds is 16. The largest absolute Gasteiger partial charge is 0.457 e. The van der Waals surface area contributed by atoms with Crippen molar-refractivity contribution in [3.05, 3.63) is 202 Å². The summed E-state index contributed by atoms with van der Waals surface area (Å²) in [6.07, 6.45) is 6.74. The van der Waals surface area contributed by atoms with E-state index < -0.39 is 23.9 Å². The van der Waals surface area contributed by atoms with Crippen LogP contribution >= 0.6 is 0 Å². The molecule has 8 heteroatoms. The third kappa shape index (κ3) is 10.0. The number of carbonyl (C=O) groups is 4. The molecule has 0 unspecified atom stereocenters. The van der Waals surface area contributed by atoms with E-state index in [0.29, 0.717) is 22.3 Å². The molecule has 0 N–H and O–H groups in total. The van der Waals surface area contributed by atoms with E-state index in [1.807, 2.05) is 48.5 Å². The molecule has 0 radical (unpaired) electrons. The Labute approximate surface area is 314 Å². The molecular formula is C46H38O8. The van der Waals surface area contributed by atoms with Crippen molar-refractivity contribution >= 4 is 48.2 Å². The van der Waals surface area contributed by atoms with Gasteiger partial charge in [-0.1, -0.05) is 148 Å². The van der Waals surface area contributed by atoms with Gasteiger partial charge in [-0.25, -0.2) is 19.2 Å². The van der Waals surface area contributed by atoms with E-state index in [9.17, 15) is 19.2 Å². The smallest absolute Gasteiger partial charge is 0.339 e. The lowest BCUT2D eigenvalue weighted by molar-refractivity contribution is 0.0409. The first-order valence-corrected chi connectivity index (χ1v) is 16.9. The quantitative estimate of drug-likeness (QED) is 0.0734. The lowest BCUT2D eigenvalue weighted by Crippen LogP contribution is -2.20. The molecule has 0 aliphatic rings. The molecular weight excluding hydrogens is 680 g/mol. The highest BCUT2D eigenvalue weighted by molar-refractivity contribution is 6.10. The van der Waals surface area contributed by atoms with Gasteiger partial charge in [0.15, 0.2) is 0 Å². The average Bonchev–Trinajstić information content (AvgIpc) is 3.23. The van der Waals surface area contributed by atoms with Crippen LogP contribution in [-0.2, 0) is 45.4 Å². The normalized spacial score (nSPS) is 10.4. The van der Waals surface area contributed by atoms with Crippen LogP contribution in [0.2, 0.25) is 0 Å². The maximum absolute atomic E-state index is 13.7.